The fourth-order valence-electron chi connectivity index (χ4n) is 3.90. The summed E-state index contributed by atoms with van der Waals surface area (Å²) in [7, 11) is -3.43. The van der Waals surface area contributed by atoms with E-state index in [2.05, 4.69) is 24.6 Å². The van der Waals surface area contributed by atoms with Gasteiger partial charge < -0.3 is 0 Å². The monoisotopic (exact) mass is 333 g/mol. The summed E-state index contributed by atoms with van der Waals surface area (Å²) in [5, 5.41) is 0. The molecule has 1 aromatic rings. The average molecular weight is 333 g/mol. The lowest BCUT2D eigenvalue weighted by atomic mass is 9.85. The molecule has 1 atom stereocenters. The summed E-state index contributed by atoms with van der Waals surface area (Å²) in [6.45, 7) is 4.37. The quantitative estimate of drug-likeness (QED) is 0.886. The number of hydrogen-bond acceptors (Lipinski definition) is 2. The van der Waals surface area contributed by atoms with Crippen molar-refractivity contribution < 1.29 is 8.42 Å². The van der Waals surface area contributed by atoms with Crippen LogP contribution in [0.3, 0.4) is 0 Å². The highest BCUT2D eigenvalue weighted by Gasteiger charge is 2.30. The van der Waals surface area contributed by atoms with Gasteiger partial charge in [0.2, 0.25) is 10.0 Å². The second-order valence-electron chi connectivity index (χ2n) is 7.04. The maximum atomic E-state index is 12.9. The van der Waals surface area contributed by atoms with E-state index in [1.165, 1.54) is 6.42 Å². The Hall–Kier alpha value is -1.13. The third kappa shape index (κ3) is 3.53. The molecule has 0 aromatic heterocycles. The number of hydrogen-bond donors (Lipinski definition) is 1. The molecule has 3 rings (SSSR count). The molecule has 0 heterocycles. The topological polar surface area (TPSA) is 46.2 Å². The van der Waals surface area contributed by atoms with Crippen molar-refractivity contribution in [3.05, 3.63) is 41.5 Å². The Morgan fingerprint density at radius 1 is 1.13 bits per heavy atom. The molecule has 3 nitrogen and oxygen atoms in total. The van der Waals surface area contributed by atoms with E-state index >= 15 is 0 Å². The molecule has 0 radical (unpaired) electrons. The molecule has 0 bridgehead atoms. The highest BCUT2D eigenvalue weighted by molar-refractivity contribution is 7.98. The Kier molecular flexibility index (Phi) is 4.93. The van der Waals surface area contributed by atoms with Crippen LogP contribution in [0.25, 0.3) is 4.91 Å². The number of sulfonamides is 1. The summed E-state index contributed by atoms with van der Waals surface area (Å²) >= 11 is 0. The molecule has 0 amide bonds. The second-order valence-corrected chi connectivity index (χ2v) is 8.72. The van der Waals surface area contributed by atoms with Crippen LogP contribution >= 0.6 is 0 Å². The summed E-state index contributed by atoms with van der Waals surface area (Å²) in [6.07, 6.45) is 8.08. The minimum atomic E-state index is -3.43. The van der Waals surface area contributed by atoms with E-state index in [4.69, 9.17) is 0 Å². The van der Waals surface area contributed by atoms with Crippen molar-refractivity contribution in [2.45, 2.75) is 64.3 Å². The molecule has 1 aromatic carbocycles. The molecule has 1 unspecified atom stereocenters. The molecule has 2 aliphatic rings. The van der Waals surface area contributed by atoms with Gasteiger partial charge in [-0.1, -0.05) is 50.6 Å². The number of benzene rings is 1. The maximum absolute atomic E-state index is 12.9. The van der Waals surface area contributed by atoms with E-state index in [9.17, 15) is 8.42 Å². The molecule has 1 fully saturated rings. The molecule has 1 N–H and O–H groups in total. The van der Waals surface area contributed by atoms with Crippen molar-refractivity contribution in [1.82, 2.24) is 4.72 Å². The molecule has 0 aliphatic heterocycles. The van der Waals surface area contributed by atoms with Gasteiger partial charge in [-0.15, -0.1) is 0 Å². The Bertz CT molecular complexity index is 685. The van der Waals surface area contributed by atoms with E-state index in [0.717, 1.165) is 49.1 Å². The van der Waals surface area contributed by atoms with Crippen LogP contribution in [-0.2, 0) is 10.0 Å². The van der Waals surface area contributed by atoms with E-state index in [-0.39, 0.29) is 6.04 Å². The van der Waals surface area contributed by atoms with Gasteiger partial charge in [0.1, 0.15) is 0 Å². The van der Waals surface area contributed by atoms with Crippen molar-refractivity contribution in [3.63, 3.8) is 0 Å². The van der Waals surface area contributed by atoms with Gasteiger partial charge in [-0.05, 0) is 55.1 Å². The first-order valence-corrected chi connectivity index (χ1v) is 10.3. The third-order valence-electron chi connectivity index (χ3n) is 5.45. The molecular weight excluding hydrogens is 306 g/mol. The summed E-state index contributed by atoms with van der Waals surface area (Å²) in [4.78, 5) is 0.476. The van der Waals surface area contributed by atoms with Gasteiger partial charge in [-0.3, -0.25) is 0 Å². The van der Waals surface area contributed by atoms with Crippen molar-refractivity contribution in [1.29, 1.82) is 0 Å². The van der Waals surface area contributed by atoms with Crippen molar-refractivity contribution in [3.8, 4) is 0 Å². The molecule has 1 saturated carbocycles. The molecule has 0 spiro atoms. The zero-order valence-corrected chi connectivity index (χ0v) is 14.9. The van der Waals surface area contributed by atoms with E-state index < -0.39 is 10.0 Å². The lowest BCUT2D eigenvalue weighted by molar-refractivity contribution is 0.307. The average Bonchev–Trinajstić information content (AvgIpc) is 2.55. The predicted molar refractivity (Wildman–Crippen MR) is 95.5 cm³/mol. The smallest absolute Gasteiger partial charge is 0.208 e. The van der Waals surface area contributed by atoms with Crippen LogP contribution < -0.4 is 4.72 Å². The van der Waals surface area contributed by atoms with E-state index in [1.54, 1.807) is 0 Å². The van der Waals surface area contributed by atoms with Crippen LogP contribution in [0.2, 0.25) is 0 Å². The van der Waals surface area contributed by atoms with Crippen molar-refractivity contribution >= 4 is 14.9 Å². The molecular formula is C19H27NO2S. The van der Waals surface area contributed by atoms with Gasteiger partial charge >= 0.3 is 0 Å². The summed E-state index contributed by atoms with van der Waals surface area (Å²) in [5.74, 6) is 1.15. The Labute approximate surface area is 140 Å². The Balaban J connectivity index is 1.78. The zero-order chi connectivity index (χ0) is 16.4. The summed E-state index contributed by atoms with van der Waals surface area (Å²) in [5.41, 5.74) is 2.02. The first-order valence-electron chi connectivity index (χ1n) is 8.83. The van der Waals surface area contributed by atoms with Crippen LogP contribution in [-0.4, -0.2) is 14.5 Å². The predicted octanol–water partition coefficient (Wildman–Crippen LogP) is 4.42. The van der Waals surface area contributed by atoms with Gasteiger partial charge in [-0.2, -0.15) is 0 Å². The SMILES string of the molecule is CCC1CCC(NS(=O)(=O)C2=CCC(C)c3ccccc32)CC1. The minimum absolute atomic E-state index is 0.0928. The molecule has 4 heteroatoms. The van der Waals surface area contributed by atoms with Crippen LogP contribution in [0.4, 0.5) is 0 Å². The largest absolute Gasteiger partial charge is 0.241 e. The highest BCUT2D eigenvalue weighted by Crippen LogP contribution is 2.37. The second kappa shape index (κ2) is 6.78. The number of fused-ring (bicyclic) bond motifs is 1. The van der Waals surface area contributed by atoms with Gasteiger partial charge in [0.25, 0.3) is 0 Å². The first kappa shape index (κ1) is 16.7. The first-order chi connectivity index (χ1) is 11.0. The van der Waals surface area contributed by atoms with Crippen molar-refractivity contribution in [2.75, 3.05) is 0 Å². The van der Waals surface area contributed by atoms with Crippen LogP contribution in [0, 0.1) is 5.92 Å². The molecule has 23 heavy (non-hydrogen) atoms. The number of rotatable bonds is 4. The van der Waals surface area contributed by atoms with Crippen LogP contribution in [0.5, 0.6) is 0 Å². The van der Waals surface area contributed by atoms with Crippen molar-refractivity contribution in [2.24, 2.45) is 5.92 Å². The zero-order valence-electron chi connectivity index (χ0n) is 14.1. The summed E-state index contributed by atoms with van der Waals surface area (Å²) < 4.78 is 28.8. The van der Waals surface area contributed by atoms with Gasteiger partial charge in [-0.25, -0.2) is 13.1 Å². The Morgan fingerprint density at radius 2 is 1.83 bits per heavy atom. The fraction of sp³-hybridized carbons (Fsp3) is 0.579. The van der Waals surface area contributed by atoms with Crippen LogP contribution in [0.15, 0.2) is 30.3 Å². The van der Waals surface area contributed by atoms with Gasteiger partial charge in [0.15, 0.2) is 0 Å². The van der Waals surface area contributed by atoms with E-state index in [0.29, 0.717) is 10.8 Å². The molecule has 126 valence electrons. The third-order valence-corrected chi connectivity index (χ3v) is 7.06. The lowest BCUT2D eigenvalue weighted by Crippen LogP contribution is -2.38. The number of nitrogens with one attached hydrogen (secondary N) is 1. The molecule has 0 saturated heterocycles. The lowest BCUT2D eigenvalue weighted by Gasteiger charge is -2.29. The normalized spacial score (nSPS) is 28.1. The van der Waals surface area contributed by atoms with Crippen LogP contribution in [0.1, 0.15) is 69.4 Å². The summed E-state index contributed by atoms with van der Waals surface area (Å²) in [6, 6.07) is 7.99. The maximum Gasteiger partial charge on any atom is 0.241 e. The minimum Gasteiger partial charge on any atom is -0.208 e. The standard InChI is InChI=1S/C19H27NO2S/c1-3-15-9-11-16(12-10-15)20-23(21,22)19-13-8-14(2)17-6-4-5-7-18(17)19/h4-7,13-16,20H,3,8-12H2,1-2H3. The van der Waals surface area contributed by atoms with E-state index in [1.807, 2.05) is 24.3 Å². The number of allylic oxidation sites excluding steroid dienone is 1. The Morgan fingerprint density at radius 3 is 2.52 bits per heavy atom. The van der Waals surface area contributed by atoms with Gasteiger partial charge in [0, 0.05) is 6.04 Å². The highest BCUT2D eigenvalue weighted by atomic mass is 32.2. The molecule has 2 aliphatic carbocycles. The fourth-order valence-corrected chi connectivity index (χ4v) is 5.49. The van der Waals surface area contributed by atoms with Gasteiger partial charge in [0.05, 0.1) is 4.91 Å².